The van der Waals surface area contributed by atoms with E-state index in [2.05, 4.69) is 24.0 Å². The lowest BCUT2D eigenvalue weighted by atomic mass is 9.98. The summed E-state index contributed by atoms with van der Waals surface area (Å²) < 4.78 is 4.76. The van der Waals surface area contributed by atoms with E-state index in [-0.39, 0.29) is 5.97 Å². The van der Waals surface area contributed by atoms with E-state index in [0.717, 1.165) is 6.42 Å². The zero-order valence-corrected chi connectivity index (χ0v) is 12.9. The standard InChI is InChI=1S/C18H23NO2/c1-12-15(8-9-18(20)21-2)16-10-13-6-4-3-5-7-14(13)11-17(16)19-12/h10-11,19H,3-9H2,1-2H3. The quantitative estimate of drug-likeness (QED) is 0.687. The minimum Gasteiger partial charge on any atom is -0.469 e. The third-order valence-corrected chi connectivity index (χ3v) is 4.64. The van der Waals surface area contributed by atoms with Gasteiger partial charge < -0.3 is 9.72 Å². The number of rotatable bonds is 3. The van der Waals surface area contributed by atoms with Crippen LogP contribution in [0.2, 0.25) is 0 Å². The summed E-state index contributed by atoms with van der Waals surface area (Å²) in [5.41, 5.74) is 6.66. The number of fused-ring (bicyclic) bond motifs is 2. The van der Waals surface area contributed by atoms with Gasteiger partial charge in [-0.2, -0.15) is 0 Å². The Labute approximate surface area is 125 Å². The van der Waals surface area contributed by atoms with Crippen LogP contribution in [0, 0.1) is 6.92 Å². The SMILES string of the molecule is COC(=O)CCc1c(C)[nH]c2cc3c(cc12)CCCCC3. The molecule has 0 aliphatic heterocycles. The molecule has 0 saturated carbocycles. The molecule has 112 valence electrons. The highest BCUT2D eigenvalue weighted by molar-refractivity contribution is 5.86. The number of ether oxygens (including phenoxy) is 1. The predicted molar refractivity (Wildman–Crippen MR) is 84.6 cm³/mol. The molecule has 1 aliphatic carbocycles. The van der Waals surface area contributed by atoms with Gasteiger partial charge in [-0.3, -0.25) is 4.79 Å². The Morgan fingerprint density at radius 1 is 1.19 bits per heavy atom. The number of benzene rings is 1. The van der Waals surface area contributed by atoms with Crippen LogP contribution in [-0.2, 0) is 28.8 Å². The van der Waals surface area contributed by atoms with E-state index in [4.69, 9.17) is 4.74 Å². The molecule has 0 saturated heterocycles. The van der Waals surface area contributed by atoms with Gasteiger partial charge >= 0.3 is 5.97 Å². The monoisotopic (exact) mass is 285 g/mol. The number of hydrogen-bond acceptors (Lipinski definition) is 2. The second-order valence-electron chi connectivity index (χ2n) is 6.03. The first-order valence-corrected chi connectivity index (χ1v) is 7.89. The summed E-state index contributed by atoms with van der Waals surface area (Å²) in [5.74, 6) is -0.140. The number of aromatic amines is 1. The summed E-state index contributed by atoms with van der Waals surface area (Å²) in [5, 5.41) is 1.29. The van der Waals surface area contributed by atoms with Crippen molar-refractivity contribution in [1.82, 2.24) is 4.98 Å². The van der Waals surface area contributed by atoms with Crippen LogP contribution in [0.4, 0.5) is 0 Å². The molecule has 0 radical (unpaired) electrons. The normalized spacial score (nSPS) is 14.8. The van der Waals surface area contributed by atoms with Gasteiger partial charge in [0, 0.05) is 23.0 Å². The van der Waals surface area contributed by atoms with Gasteiger partial charge in [-0.05, 0) is 67.9 Å². The average Bonchev–Trinajstić information content (AvgIpc) is 2.64. The molecule has 0 unspecified atom stereocenters. The van der Waals surface area contributed by atoms with Gasteiger partial charge in [-0.15, -0.1) is 0 Å². The molecule has 2 aromatic rings. The van der Waals surface area contributed by atoms with Crippen molar-refractivity contribution in [2.24, 2.45) is 0 Å². The van der Waals surface area contributed by atoms with Gasteiger partial charge in [0.15, 0.2) is 0 Å². The number of H-pyrrole nitrogens is 1. The summed E-state index contributed by atoms with van der Waals surface area (Å²) in [6.07, 6.45) is 7.50. The molecule has 3 rings (SSSR count). The van der Waals surface area contributed by atoms with Crippen LogP contribution in [-0.4, -0.2) is 18.1 Å². The zero-order valence-electron chi connectivity index (χ0n) is 12.9. The molecule has 0 spiro atoms. The fraction of sp³-hybridized carbons (Fsp3) is 0.500. The number of hydrogen-bond donors (Lipinski definition) is 1. The molecule has 1 heterocycles. The number of nitrogens with one attached hydrogen (secondary N) is 1. The first-order valence-electron chi connectivity index (χ1n) is 7.89. The minimum atomic E-state index is -0.140. The van der Waals surface area contributed by atoms with E-state index >= 15 is 0 Å². The molecule has 1 aromatic carbocycles. The van der Waals surface area contributed by atoms with Gasteiger partial charge in [0.05, 0.1) is 7.11 Å². The van der Waals surface area contributed by atoms with Crippen LogP contribution in [0.15, 0.2) is 12.1 Å². The second kappa shape index (κ2) is 5.92. The molecular formula is C18H23NO2. The maximum absolute atomic E-state index is 11.4. The Morgan fingerprint density at radius 3 is 2.62 bits per heavy atom. The molecule has 3 nitrogen and oxygen atoms in total. The Morgan fingerprint density at radius 2 is 1.90 bits per heavy atom. The highest BCUT2D eigenvalue weighted by atomic mass is 16.5. The summed E-state index contributed by atoms with van der Waals surface area (Å²) >= 11 is 0. The van der Waals surface area contributed by atoms with Crippen LogP contribution >= 0.6 is 0 Å². The van der Waals surface area contributed by atoms with Crippen molar-refractivity contribution in [3.63, 3.8) is 0 Å². The molecule has 21 heavy (non-hydrogen) atoms. The smallest absolute Gasteiger partial charge is 0.305 e. The van der Waals surface area contributed by atoms with Gasteiger partial charge in [-0.25, -0.2) is 0 Å². The Kier molecular flexibility index (Phi) is 4.00. The predicted octanol–water partition coefficient (Wildman–Crippen LogP) is 3.85. The van der Waals surface area contributed by atoms with Crippen molar-refractivity contribution in [1.29, 1.82) is 0 Å². The number of esters is 1. The zero-order chi connectivity index (χ0) is 14.8. The third kappa shape index (κ3) is 2.82. The van der Waals surface area contributed by atoms with Crippen LogP contribution in [0.25, 0.3) is 10.9 Å². The molecule has 1 aromatic heterocycles. The molecule has 0 fully saturated rings. The van der Waals surface area contributed by atoms with Gasteiger partial charge in [0.25, 0.3) is 0 Å². The van der Waals surface area contributed by atoms with Crippen molar-refractivity contribution < 1.29 is 9.53 Å². The molecular weight excluding hydrogens is 262 g/mol. The topological polar surface area (TPSA) is 42.1 Å². The minimum absolute atomic E-state index is 0.140. The van der Waals surface area contributed by atoms with Gasteiger partial charge in [-0.1, -0.05) is 6.42 Å². The van der Waals surface area contributed by atoms with Crippen LogP contribution in [0.1, 0.15) is 48.1 Å². The number of carbonyl (C=O) groups excluding carboxylic acids is 1. The summed E-state index contributed by atoms with van der Waals surface area (Å²) in [4.78, 5) is 14.9. The van der Waals surface area contributed by atoms with E-state index in [1.54, 1.807) is 0 Å². The molecule has 1 aliphatic rings. The lowest BCUT2D eigenvalue weighted by Crippen LogP contribution is -2.02. The number of aromatic nitrogens is 1. The first kappa shape index (κ1) is 14.2. The van der Waals surface area contributed by atoms with E-state index in [9.17, 15) is 4.79 Å². The lowest BCUT2D eigenvalue weighted by molar-refractivity contribution is -0.140. The van der Waals surface area contributed by atoms with Crippen LogP contribution in [0.3, 0.4) is 0 Å². The van der Waals surface area contributed by atoms with E-state index < -0.39 is 0 Å². The van der Waals surface area contributed by atoms with Crippen molar-refractivity contribution >= 4 is 16.9 Å². The highest BCUT2D eigenvalue weighted by Crippen LogP contribution is 2.30. The van der Waals surface area contributed by atoms with Crippen LogP contribution in [0.5, 0.6) is 0 Å². The van der Waals surface area contributed by atoms with Gasteiger partial charge in [0.2, 0.25) is 0 Å². The Bertz CT molecular complexity index is 669. The van der Waals surface area contributed by atoms with Gasteiger partial charge in [0.1, 0.15) is 0 Å². The number of methoxy groups -OCH3 is 1. The van der Waals surface area contributed by atoms with Crippen molar-refractivity contribution in [2.45, 2.75) is 51.9 Å². The number of aryl methyl sites for hydroxylation is 4. The molecule has 0 atom stereocenters. The molecule has 1 N–H and O–H groups in total. The number of carbonyl (C=O) groups is 1. The third-order valence-electron chi connectivity index (χ3n) is 4.64. The van der Waals surface area contributed by atoms with Crippen molar-refractivity contribution in [3.8, 4) is 0 Å². The van der Waals surface area contributed by atoms with E-state index in [0.29, 0.717) is 6.42 Å². The second-order valence-corrected chi connectivity index (χ2v) is 6.03. The Balaban J connectivity index is 1.98. The fourth-order valence-electron chi connectivity index (χ4n) is 3.45. The van der Waals surface area contributed by atoms with Crippen molar-refractivity contribution in [3.05, 3.63) is 34.5 Å². The van der Waals surface area contributed by atoms with E-state index in [1.807, 2.05) is 0 Å². The molecule has 0 amide bonds. The Hall–Kier alpha value is -1.77. The highest BCUT2D eigenvalue weighted by Gasteiger charge is 2.15. The van der Waals surface area contributed by atoms with Crippen LogP contribution < -0.4 is 0 Å². The first-order chi connectivity index (χ1) is 10.2. The fourth-order valence-corrected chi connectivity index (χ4v) is 3.45. The largest absolute Gasteiger partial charge is 0.469 e. The maximum Gasteiger partial charge on any atom is 0.305 e. The van der Waals surface area contributed by atoms with Crippen molar-refractivity contribution in [2.75, 3.05) is 7.11 Å². The summed E-state index contributed by atoms with van der Waals surface area (Å²) in [6.45, 7) is 2.10. The molecule has 3 heteroatoms. The maximum atomic E-state index is 11.4. The summed E-state index contributed by atoms with van der Waals surface area (Å²) in [6, 6.07) is 4.68. The molecule has 0 bridgehead atoms. The summed E-state index contributed by atoms with van der Waals surface area (Å²) in [7, 11) is 1.45. The average molecular weight is 285 g/mol. The lowest BCUT2D eigenvalue weighted by Gasteiger charge is -2.07. The van der Waals surface area contributed by atoms with E-state index in [1.165, 1.54) is 72.5 Å².